The molecule has 0 unspecified atom stereocenters. The summed E-state index contributed by atoms with van der Waals surface area (Å²) >= 11 is 7.99. The first kappa shape index (κ1) is 13.7. The predicted octanol–water partition coefficient (Wildman–Crippen LogP) is 4.20. The van der Waals surface area contributed by atoms with E-state index in [1.165, 1.54) is 25.0 Å². The van der Waals surface area contributed by atoms with Gasteiger partial charge in [0.15, 0.2) is 0 Å². The fourth-order valence-corrected chi connectivity index (χ4v) is 2.57. The second-order valence-corrected chi connectivity index (χ2v) is 5.15. The second kappa shape index (κ2) is 7.80. The molecule has 0 aromatic carbocycles. The SMILES string of the molecule is CCCCCSCc1nc(NC)ccc1Cl. The largest absolute Gasteiger partial charge is 0.373 e. The number of halogens is 1. The van der Waals surface area contributed by atoms with Gasteiger partial charge in [0.25, 0.3) is 0 Å². The molecule has 1 rings (SSSR count). The van der Waals surface area contributed by atoms with Crippen molar-refractivity contribution in [3.63, 3.8) is 0 Å². The van der Waals surface area contributed by atoms with Crippen molar-refractivity contribution in [1.82, 2.24) is 4.98 Å². The fraction of sp³-hybridized carbons (Fsp3) is 0.583. The van der Waals surface area contributed by atoms with Gasteiger partial charge < -0.3 is 5.32 Å². The summed E-state index contributed by atoms with van der Waals surface area (Å²) in [4.78, 5) is 4.44. The monoisotopic (exact) mass is 258 g/mol. The maximum Gasteiger partial charge on any atom is 0.126 e. The molecular weight excluding hydrogens is 240 g/mol. The summed E-state index contributed by atoms with van der Waals surface area (Å²) < 4.78 is 0. The van der Waals surface area contributed by atoms with Crippen molar-refractivity contribution in [3.05, 3.63) is 22.8 Å². The molecule has 1 aromatic rings. The van der Waals surface area contributed by atoms with E-state index in [-0.39, 0.29) is 0 Å². The number of aromatic nitrogens is 1. The normalized spacial score (nSPS) is 10.4. The number of nitrogens with zero attached hydrogens (tertiary/aromatic N) is 1. The molecule has 0 spiro atoms. The van der Waals surface area contributed by atoms with Gasteiger partial charge in [0, 0.05) is 12.8 Å². The molecule has 1 heterocycles. The molecule has 1 aromatic heterocycles. The third kappa shape index (κ3) is 4.62. The number of thioether (sulfide) groups is 1. The van der Waals surface area contributed by atoms with Crippen LogP contribution in [0.3, 0.4) is 0 Å². The lowest BCUT2D eigenvalue weighted by Crippen LogP contribution is -1.96. The summed E-state index contributed by atoms with van der Waals surface area (Å²) in [5.41, 5.74) is 0.981. The molecule has 0 atom stereocenters. The zero-order chi connectivity index (χ0) is 11.8. The standard InChI is InChI=1S/C12H19ClN2S/c1-3-4-5-8-16-9-11-10(13)6-7-12(14-2)15-11/h6-7H,3-5,8-9H2,1-2H3,(H,14,15). The lowest BCUT2D eigenvalue weighted by molar-refractivity contribution is 0.778. The minimum absolute atomic E-state index is 0.766. The lowest BCUT2D eigenvalue weighted by Gasteiger charge is -2.06. The van der Waals surface area contributed by atoms with Gasteiger partial charge in [0.05, 0.1) is 10.7 Å². The van der Waals surface area contributed by atoms with Gasteiger partial charge in [-0.15, -0.1) is 0 Å². The predicted molar refractivity (Wildman–Crippen MR) is 74.5 cm³/mol. The molecule has 0 amide bonds. The highest BCUT2D eigenvalue weighted by Gasteiger charge is 2.03. The average Bonchev–Trinajstić information content (AvgIpc) is 2.31. The molecule has 0 bridgehead atoms. The van der Waals surface area contributed by atoms with Crippen LogP contribution in [0.1, 0.15) is 31.9 Å². The third-order valence-electron chi connectivity index (χ3n) is 2.31. The molecule has 0 saturated heterocycles. The fourth-order valence-electron chi connectivity index (χ4n) is 1.35. The van der Waals surface area contributed by atoms with Gasteiger partial charge in [-0.2, -0.15) is 11.8 Å². The quantitative estimate of drug-likeness (QED) is 0.742. The Kier molecular flexibility index (Phi) is 6.65. The van der Waals surface area contributed by atoms with Crippen LogP contribution in [-0.2, 0) is 5.75 Å². The van der Waals surface area contributed by atoms with Crippen LogP contribution in [0.25, 0.3) is 0 Å². The summed E-state index contributed by atoms with van der Waals surface area (Å²) in [5.74, 6) is 2.97. The number of anilines is 1. The number of pyridine rings is 1. The molecule has 0 aliphatic heterocycles. The molecule has 16 heavy (non-hydrogen) atoms. The van der Waals surface area contributed by atoms with Crippen LogP contribution in [0.4, 0.5) is 5.82 Å². The van der Waals surface area contributed by atoms with E-state index >= 15 is 0 Å². The van der Waals surface area contributed by atoms with E-state index in [4.69, 9.17) is 11.6 Å². The van der Waals surface area contributed by atoms with Crippen molar-refractivity contribution < 1.29 is 0 Å². The Bertz CT molecular complexity index is 318. The van der Waals surface area contributed by atoms with Gasteiger partial charge in [0.2, 0.25) is 0 Å². The van der Waals surface area contributed by atoms with Crippen molar-refractivity contribution in [3.8, 4) is 0 Å². The number of rotatable bonds is 7. The van der Waals surface area contributed by atoms with Gasteiger partial charge in [-0.1, -0.05) is 31.4 Å². The van der Waals surface area contributed by atoms with Crippen LogP contribution in [-0.4, -0.2) is 17.8 Å². The van der Waals surface area contributed by atoms with Crippen LogP contribution in [0.5, 0.6) is 0 Å². The van der Waals surface area contributed by atoms with E-state index < -0.39 is 0 Å². The minimum Gasteiger partial charge on any atom is -0.373 e. The molecular formula is C12H19ClN2S. The first-order valence-corrected chi connectivity index (χ1v) is 7.22. The van der Waals surface area contributed by atoms with Gasteiger partial charge in [-0.05, 0) is 24.3 Å². The van der Waals surface area contributed by atoms with E-state index in [9.17, 15) is 0 Å². The van der Waals surface area contributed by atoms with Crippen LogP contribution < -0.4 is 5.32 Å². The molecule has 0 fully saturated rings. The summed E-state index contributed by atoms with van der Waals surface area (Å²) in [6.07, 6.45) is 3.87. The number of nitrogens with one attached hydrogen (secondary N) is 1. The maximum absolute atomic E-state index is 6.09. The van der Waals surface area contributed by atoms with Crippen molar-refractivity contribution in [2.45, 2.75) is 31.9 Å². The van der Waals surface area contributed by atoms with Gasteiger partial charge in [-0.3, -0.25) is 0 Å². The number of hydrogen-bond acceptors (Lipinski definition) is 3. The van der Waals surface area contributed by atoms with Crippen LogP contribution in [0.2, 0.25) is 5.02 Å². The molecule has 0 radical (unpaired) electrons. The highest BCUT2D eigenvalue weighted by molar-refractivity contribution is 7.98. The van der Waals surface area contributed by atoms with E-state index in [0.717, 1.165) is 22.3 Å². The van der Waals surface area contributed by atoms with E-state index in [2.05, 4.69) is 17.2 Å². The Labute approximate surface area is 107 Å². The van der Waals surface area contributed by atoms with E-state index in [1.807, 2.05) is 30.9 Å². The number of hydrogen-bond donors (Lipinski definition) is 1. The summed E-state index contributed by atoms with van der Waals surface area (Å²) in [5, 5.41) is 3.79. The van der Waals surface area contributed by atoms with Crippen molar-refractivity contribution in [2.75, 3.05) is 18.1 Å². The summed E-state index contributed by atoms with van der Waals surface area (Å²) in [6.45, 7) is 2.22. The Hall–Kier alpha value is -0.410. The van der Waals surface area contributed by atoms with E-state index in [0.29, 0.717) is 0 Å². The number of unbranched alkanes of at least 4 members (excludes halogenated alkanes) is 2. The van der Waals surface area contributed by atoms with Gasteiger partial charge in [-0.25, -0.2) is 4.98 Å². The zero-order valence-electron chi connectivity index (χ0n) is 9.92. The Morgan fingerprint density at radius 3 is 2.88 bits per heavy atom. The Morgan fingerprint density at radius 2 is 2.19 bits per heavy atom. The van der Waals surface area contributed by atoms with Crippen LogP contribution in [0, 0.1) is 0 Å². The van der Waals surface area contributed by atoms with Crippen LogP contribution in [0.15, 0.2) is 12.1 Å². The molecule has 0 aliphatic carbocycles. The maximum atomic E-state index is 6.09. The molecule has 1 N–H and O–H groups in total. The first-order valence-electron chi connectivity index (χ1n) is 5.68. The van der Waals surface area contributed by atoms with E-state index in [1.54, 1.807) is 0 Å². The highest BCUT2D eigenvalue weighted by atomic mass is 35.5. The van der Waals surface area contributed by atoms with Gasteiger partial charge in [0.1, 0.15) is 5.82 Å². The third-order valence-corrected chi connectivity index (χ3v) is 3.70. The molecule has 0 aliphatic rings. The molecule has 4 heteroatoms. The highest BCUT2D eigenvalue weighted by Crippen LogP contribution is 2.21. The lowest BCUT2D eigenvalue weighted by atomic mass is 10.3. The molecule has 2 nitrogen and oxygen atoms in total. The van der Waals surface area contributed by atoms with Crippen LogP contribution >= 0.6 is 23.4 Å². The van der Waals surface area contributed by atoms with Crippen molar-refractivity contribution >= 4 is 29.2 Å². The zero-order valence-corrected chi connectivity index (χ0v) is 11.5. The summed E-state index contributed by atoms with van der Waals surface area (Å²) in [6, 6.07) is 3.80. The average molecular weight is 259 g/mol. The molecule has 90 valence electrons. The van der Waals surface area contributed by atoms with Crippen molar-refractivity contribution in [2.24, 2.45) is 0 Å². The first-order chi connectivity index (χ1) is 7.77. The van der Waals surface area contributed by atoms with Gasteiger partial charge >= 0.3 is 0 Å². The Morgan fingerprint density at radius 1 is 1.38 bits per heavy atom. The second-order valence-electron chi connectivity index (χ2n) is 3.63. The summed E-state index contributed by atoms with van der Waals surface area (Å²) in [7, 11) is 1.87. The minimum atomic E-state index is 0.766. The Balaban J connectivity index is 2.40. The topological polar surface area (TPSA) is 24.9 Å². The smallest absolute Gasteiger partial charge is 0.126 e. The molecule has 0 saturated carbocycles. The van der Waals surface area contributed by atoms with Crippen molar-refractivity contribution in [1.29, 1.82) is 0 Å².